The molecule has 0 radical (unpaired) electrons. The fraction of sp³-hybridized carbons (Fsp3) is 0.0667. The van der Waals surface area contributed by atoms with Crippen molar-refractivity contribution in [3.63, 3.8) is 0 Å². The standard InChI is InChI=1S/C15H15N/c1-12(11-16)13-7-9-15(10-8-13)14-5-3-2-4-6-14/h2-11H,16H2,1H3/b12-11+. The first-order valence-corrected chi connectivity index (χ1v) is 5.35. The minimum absolute atomic E-state index is 1.10. The average molecular weight is 209 g/mol. The molecule has 0 atom stereocenters. The first-order chi connectivity index (χ1) is 7.81. The molecule has 0 aliphatic heterocycles. The van der Waals surface area contributed by atoms with Gasteiger partial charge in [-0.05, 0) is 35.4 Å². The summed E-state index contributed by atoms with van der Waals surface area (Å²) in [5.41, 5.74) is 10.2. The van der Waals surface area contributed by atoms with E-state index in [0.717, 1.165) is 5.57 Å². The van der Waals surface area contributed by atoms with Crippen LogP contribution in [0.1, 0.15) is 12.5 Å². The highest BCUT2D eigenvalue weighted by molar-refractivity contribution is 5.69. The van der Waals surface area contributed by atoms with E-state index in [1.165, 1.54) is 16.7 Å². The first kappa shape index (κ1) is 10.5. The smallest absolute Gasteiger partial charge is 0.00265 e. The van der Waals surface area contributed by atoms with Gasteiger partial charge >= 0.3 is 0 Å². The van der Waals surface area contributed by atoms with E-state index < -0.39 is 0 Å². The Morgan fingerprint density at radius 3 is 2.00 bits per heavy atom. The SMILES string of the molecule is C/C(=C\N)c1ccc(-c2ccccc2)cc1. The second-order valence-electron chi connectivity index (χ2n) is 3.79. The highest BCUT2D eigenvalue weighted by atomic mass is 14.5. The zero-order valence-corrected chi connectivity index (χ0v) is 9.35. The summed E-state index contributed by atoms with van der Waals surface area (Å²) in [5, 5.41) is 0. The molecule has 2 rings (SSSR count). The molecule has 2 N–H and O–H groups in total. The highest BCUT2D eigenvalue weighted by Crippen LogP contribution is 2.21. The fourth-order valence-electron chi connectivity index (χ4n) is 1.65. The zero-order valence-electron chi connectivity index (χ0n) is 9.35. The van der Waals surface area contributed by atoms with Crippen molar-refractivity contribution in [1.82, 2.24) is 0 Å². The van der Waals surface area contributed by atoms with E-state index in [-0.39, 0.29) is 0 Å². The predicted molar refractivity (Wildman–Crippen MR) is 69.7 cm³/mol. The van der Waals surface area contributed by atoms with Crippen LogP contribution in [0.5, 0.6) is 0 Å². The summed E-state index contributed by atoms with van der Waals surface area (Å²) in [6, 6.07) is 18.8. The summed E-state index contributed by atoms with van der Waals surface area (Å²) in [6.07, 6.45) is 1.64. The van der Waals surface area contributed by atoms with E-state index in [2.05, 4.69) is 36.4 Å². The van der Waals surface area contributed by atoms with Crippen molar-refractivity contribution in [2.75, 3.05) is 0 Å². The van der Waals surface area contributed by atoms with Crippen molar-refractivity contribution >= 4 is 5.57 Å². The van der Waals surface area contributed by atoms with E-state index in [1.54, 1.807) is 6.20 Å². The second kappa shape index (κ2) is 4.67. The maximum absolute atomic E-state index is 5.49. The molecule has 80 valence electrons. The molecule has 0 unspecified atom stereocenters. The molecule has 0 aromatic heterocycles. The van der Waals surface area contributed by atoms with Crippen LogP contribution in [0, 0.1) is 0 Å². The Labute approximate surface area is 96.2 Å². The van der Waals surface area contributed by atoms with Crippen LogP contribution in [-0.4, -0.2) is 0 Å². The lowest BCUT2D eigenvalue weighted by Gasteiger charge is -2.04. The largest absolute Gasteiger partial charge is 0.404 e. The lowest BCUT2D eigenvalue weighted by molar-refractivity contribution is 1.50. The Hall–Kier alpha value is -2.02. The van der Waals surface area contributed by atoms with Crippen LogP contribution < -0.4 is 5.73 Å². The van der Waals surface area contributed by atoms with Crippen molar-refractivity contribution in [2.45, 2.75) is 6.92 Å². The van der Waals surface area contributed by atoms with Gasteiger partial charge in [-0.1, -0.05) is 54.6 Å². The van der Waals surface area contributed by atoms with Gasteiger partial charge in [0.1, 0.15) is 0 Å². The van der Waals surface area contributed by atoms with Crippen LogP contribution in [0.2, 0.25) is 0 Å². The molecular formula is C15H15N. The normalized spacial score (nSPS) is 11.4. The molecule has 0 heterocycles. The Morgan fingerprint density at radius 2 is 1.44 bits per heavy atom. The Bertz CT molecular complexity index is 481. The van der Waals surface area contributed by atoms with E-state index >= 15 is 0 Å². The Morgan fingerprint density at radius 1 is 0.875 bits per heavy atom. The molecule has 0 aliphatic carbocycles. The van der Waals surface area contributed by atoms with Gasteiger partial charge in [0.25, 0.3) is 0 Å². The number of allylic oxidation sites excluding steroid dienone is 1. The van der Waals surface area contributed by atoms with Gasteiger partial charge in [0.2, 0.25) is 0 Å². The third kappa shape index (κ3) is 2.14. The number of nitrogens with two attached hydrogens (primary N) is 1. The van der Waals surface area contributed by atoms with Gasteiger partial charge < -0.3 is 5.73 Å². The molecular weight excluding hydrogens is 194 g/mol. The van der Waals surface area contributed by atoms with E-state index in [1.807, 2.05) is 25.1 Å². The summed E-state index contributed by atoms with van der Waals surface area (Å²) in [7, 11) is 0. The molecule has 1 nitrogen and oxygen atoms in total. The lowest BCUT2D eigenvalue weighted by Crippen LogP contribution is -1.85. The molecule has 0 amide bonds. The van der Waals surface area contributed by atoms with Gasteiger partial charge in [0, 0.05) is 0 Å². The van der Waals surface area contributed by atoms with Crippen molar-refractivity contribution in [2.24, 2.45) is 5.73 Å². The van der Waals surface area contributed by atoms with E-state index in [4.69, 9.17) is 5.73 Å². The summed E-state index contributed by atoms with van der Waals surface area (Å²) in [5.74, 6) is 0. The Kier molecular flexibility index (Phi) is 3.06. The molecule has 2 aromatic carbocycles. The number of rotatable bonds is 2. The molecule has 2 aromatic rings. The minimum Gasteiger partial charge on any atom is -0.404 e. The van der Waals surface area contributed by atoms with Crippen LogP contribution in [-0.2, 0) is 0 Å². The van der Waals surface area contributed by atoms with Gasteiger partial charge in [-0.15, -0.1) is 0 Å². The number of hydrogen-bond acceptors (Lipinski definition) is 1. The van der Waals surface area contributed by atoms with Crippen molar-refractivity contribution in [3.05, 3.63) is 66.4 Å². The minimum atomic E-state index is 1.10. The second-order valence-corrected chi connectivity index (χ2v) is 3.79. The fourth-order valence-corrected chi connectivity index (χ4v) is 1.65. The van der Waals surface area contributed by atoms with Crippen molar-refractivity contribution in [1.29, 1.82) is 0 Å². The summed E-state index contributed by atoms with van der Waals surface area (Å²) >= 11 is 0. The van der Waals surface area contributed by atoms with Crippen molar-refractivity contribution < 1.29 is 0 Å². The number of benzene rings is 2. The molecule has 1 heteroatoms. The molecule has 0 fully saturated rings. The molecule has 0 saturated carbocycles. The van der Waals surface area contributed by atoms with Crippen LogP contribution >= 0.6 is 0 Å². The third-order valence-corrected chi connectivity index (χ3v) is 2.70. The van der Waals surface area contributed by atoms with E-state index in [9.17, 15) is 0 Å². The zero-order chi connectivity index (χ0) is 11.4. The quantitative estimate of drug-likeness (QED) is 0.802. The van der Waals surface area contributed by atoms with Crippen molar-refractivity contribution in [3.8, 4) is 11.1 Å². The number of hydrogen-bond donors (Lipinski definition) is 1. The molecule has 0 spiro atoms. The monoisotopic (exact) mass is 209 g/mol. The molecule has 0 bridgehead atoms. The van der Waals surface area contributed by atoms with Crippen LogP contribution in [0.3, 0.4) is 0 Å². The summed E-state index contributed by atoms with van der Waals surface area (Å²) in [4.78, 5) is 0. The van der Waals surface area contributed by atoms with Crippen LogP contribution in [0.25, 0.3) is 16.7 Å². The Balaban J connectivity index is 2.34. The average Bonchev–Trinajstić information content (AvgIpc) is 2.39. The summed E-state index contributed by atoms with van der Waals surface area (Å²) < 4.78 is 0. The predicted octanol–water partition coefficient (Wildman–Crippen LogP) is 3.67. The first-order valence-electron chi connectivity index (χ1n) is 5.35. The molecule has 0 saturated heterocycles. The van der Waals surface area contributed by atoms with E-state index in [0.29, 0.717) is 0 Å². The lowest BCUT2D eigenvalue weighted by atomic mass is 10.0. The third-order valence-electron chi connectivity index (χ3n) is 2.70. The molecule has 16 heavy (non-hydrogen) atoms. The van der Waals surface area contributed by atoms with Gasteiger partial charge in [0.05, 0.1) is 0 Å². The maximum Gasteiger partial charge on any atom is -0.00265 e. The van der Waals surface area contributed by atoms with Gasteiger partial charge in [-0.2, -0.15) is 0 Å². The van der Waals surface area contributed by atoms with Gasteiger partial charge in [-0.25, -0.2) is 0 Å². The van der Waals surface area contributed by atoms with Crippen LogP contribution in [0.15, 0.2) is 60.8 Å². The van der Waals surface area contributed by atoms with Gasteiger partial charge in [0.15, 0.2) is 0 Å². The topological polar surface area (TPSA) is 26.0 Å². The molecule has 0 aliphatic rings. The highest BCUT2D eigenvalue weighted by Gasteiger charge is 1.98. The van der Waals surface area contributed by atoms with Gasteiger partial charge in [-0.3, -0.25) is 0 Å². The maximum atomic E-state index is 5.49. The summed E-state index contributed by atoms with van der Waals surface area (Å²) in [6.45, 7) is 2.01. The van der Waals surface area contributed by atoms with Crippen LogP contribution in [0.4, 0.5) is 0 Å².